The van der Waals surface area contributed by atoms with Gasteiger partial charge in [-0.2, -0.15) is 0 Å². The predicted octanol–water partition coefficient (Wildman–Crippen LogP) is 2.33. The molecule has 1 aliphatic carbocycles. The van der Waals surface area contributed by atoms with E-state index in [0.717, 1.165) is 49.9 Å². The number of nitrogens with one attached hydrogen (secondary N) is 1. The third kappa shape index (κ3) is 4.33. The molecule has 1 saturated carbocycles. The highest BCUT2D eigenvalue weighted by Crippen LogP contribution is 2.25. The van der Waals surface area contributed by atoms with E-state index in [2.05, 4.69) is 35.3 Å². The zero-order chi connectivity index (χ0) is 16.4. The SMILES string of the molecule is Cc1ccc(C)c([C@@H](O)CN2CCC[C@H](C(=O)NC3CC3)C2)c1. The van der Waals surface area contributed by atoms with Gasteiger partial charge in [-0.1, -0.05) is 23.8 Å². The van der Waals surface area contributed by atoms with Crippen LogP contribution in [0.15, 0.2) is 18.2 Å². The van der Waals surface area contributed by atoms with Crippen molar-refractivity contribution in [3.05, 3.63) is 34.9 Å². The Bertz CT molecular complexity index is 568. The molecule has 0 radical (unpaired) electrons. The van der Waals surface area contributed by atoms with Crippen LogP contribution in [-0.2, 0) is 4.79 Å². The molecule has 4 heteroatoms. The van der Waals surface area contributed by atoms with Gasteiger partial charge in [0, 0.05) is 19.1 Å². The van der Waals surface area contributed by atoms with Gasteiger partial charge in [0.2, 0.25) is 5.91 Å². The number of benzene rings is 1. The monoisotopic (exact) mass is 316 g/mol. The van der Waals surface area contributed by atoms with E-state index in [1.54, 1.807) is 0 Å². The fraction of sp³-hybridized carbons (Fsp3) is 0.632. The Morgan fingerprint density at radius 1 is 1.35 bits per heavy atom. The van der Waals surface area contributed by atoms with Crippen LogP contribution in [-0.4, -0.2) is 41.6 Å². The minimum Gasteiger partial charge on any atom is -0.387 e. The average molecular weight is 316 g/mol. The number of piperidine rings is 1. The van der Waals surface area contributed by atoms with Gasteiger partial charge in [0.05, 0.1) is 12.0 Å². The van der Waals surface area contributed by atoms with Crippen molar-refractivity contribution in [1.82, 2.24) is 10.2 Å². The van der Waals surface area contributed by atoms with Crippen LogP contribution in [0.2, 0.25) is 0 Å². The summed E-state index contributed by atoms with van der Waals surface area (Å²) < 4.78 is 0. The van der Waals surface area contributed by atoms with Gasteiger partial charge in [-0.05, 0) is 57.2 Å². The number of β-amino-alcohol motifs (C(OH)–C–C–N with tert-alkyl or cyclic N) is 1. The molecular weight excluding hydrogens is 288 g/mol. The third-order valence-electron chi connectivity index (χ3n) is 5.02. The molecule has 0 bridgehead atoms. The fourth-order valence-corrected chi connectivity index (χ4v) is 3.44. The maximum Gasteiger partial charge on any atom is 0.224 e. The second kappa shape index (κ2) is 7.02. The standard InChI is InChI=1S/C19H28N2O2/c1-13-5-6-14(2)17(10-13)18(22)12-21-9-3-4-15(11-21)19(23)20-16-7-8-16/h5-6,10,15-16,18,22H,3-4,7-9,11-12H2,1-2H3,(H,20,23)/t15-,18-/m0/s1. The maximum atomic E-state index is 12.2. The molecule has 2 fully saturated rings. The molecule has 2 N–H and O–H groups in total. The Labute approximate surface area is 138 Å². The first-order valence-corrected chi connectivity index (χ1v) is 8.81. The van der Waals surface area contributed by atoms with E-state index in [1.807, 2.05) is 6.92 Å². The molecular formula is C19H28N2O2. The molecule has 1 aliphatic heterocycles. The maximum absolute atomic E-state index is 12.2. The predicted molar refractivity (Wildman–Crippen MR) is 91.2 cm³/mol. The van der Waals surface area contributed by atoms with Crippen molar-refractivity contribution in [2.24, 2.45) is 5.92 Å². The van der Waals surface area contributed by atoms with E-state index in [1.165, 1.54) is 5.56 Å². The molecule has 1 aromatic rings. The number of nitrogens with zero attached hydrogens (tertiary/aromatic N) is 1. The zero-order valence-electron chi connectivity index (χ0n) is 14.2. The quantitative estimate of drug-likeness (QED) is 0.876. The average Bonchev–Trinajstić information content (AvgIpc) is 3.34. The lowest BCUT2D eigenvalue weighted by Gasteiger charge is -2.33. The molecule has 0 spiro atoms. The van der Waals surface area contributed by atoms with Gasteiger partial charge in [-0.15, -0.1) is 0 Å². The Morgan fingerprint density at radius 2 is 2.13 bits per heavy atom. The highest BCUT2D eigenvalue weighted by Gasteiger charge is 2.31. The Morgan fingerprint density at radius 3 is 2.87 bits per heavy atom. The number of hydrogen-bond donors (Lipinski definition) is 2. The zero-order valence-corrected chi connectivity index (χ0v) is 14.2. The van der Waals surface area contributed by atoms with Crippen LogP contribution in [0.5, 0.6) is 0 Å². The molecule has 1 saturated heterocycles. The molecule has 23 heavy (non-hydrogen) atoms. The minimum atomic E-state index is -0.486. The lowest BCUT2D eigenvalue weighted by Crippen LogP contribution is -2.44. The second-order valence-electron chi connectivity index (χ2n) is 7.26. The highest BCUT2D eigenvalue weighted by molar-refractivity contribution is 5.79. The van der Waals surface area contributed by atoms with E-state index in [-0.39, 0.29) is 11.8 Å². The van der Waals surface area contributed by atoms with Crippen LogP contribution >= 0.6 is 0 Å². The van der Waals surface area contributed by atoms with E-state index < -0.39 is 6.10 Å². The van der Waals surface area contributed by atoms with E-state index >= 15 is 0 Å². The first-order chi connectivity index (χ1) is 11.0. The molecule has 1 heterocycles. The van der Waals surface area contributed by atoms with Crippen molar-refractivity contribution in [3.63, 3.8) is 0 Å². The summed E-state index contributed by atoms with van der Waals surface area (Å²) in [7, 11) is 0. The number of aliphatic hydroxyl groups is 1. The van der Waals surface area contributed by atoms with Crippen molar-refractivity contribution in [2.45, 2.75) is 51.7 Å². The second-order valence-corrected chi connectivity index (χ2v) is 7.26. The Balaban J connectivity index is 1.58. The largest absolute Gasteiger partial charge is 0.387 e. The molecule has 126 valence electrons. The van der Waals surface area contributed by atoms with Crippen LogP contribution in [0, 0.1) is 19.8 Å². The Hall–Kier alpha value is -1.39. The fourth-order valence-electron chi connectivity index (χ4n) is 3.44. The third-order valence-corrected chi connectivity index (χ3v) is 5.02. The van der Waals surface area contributed by atoms with Crippen molar-refractivity contribution in [3.8, 4) is 0 Å². The summed E-state index contributed by atoms with van der Waals surface area (Å²) in [6, 6.07) is 6.64. The van der Waals surface area contributed by atoms with Crippen molar-refractivity contribution in [2.75, 3.05) is 19.6 Å². The summed E-state index contributed by atoms with van der Waals surface area (Å²) in [5, 5.41) is 13.7. The van der Waals surface area contributed by atoms with Crippen LogP contribution in [0.25, 0.3) is 0 Å². The number of aliphatic hydroxyl groups excluding tert-OH is 1. The normalized spacial score (nSPS) is 23.5. The lowest BCUT2D eigenvalue weighted by atomic mass is 9.95. The van der Waals surface area contributed by atoms with Crippen molar-refractivity contribution in [1.29, 1.82) is 0 Å². The van der Waals surface area contributed by atoms with Crippen LogP contribution < -0.4 is 5.32 Å². The summed E-state index contributed by atoms with van der Waals surface area (Å²) in [4.78, 5) is 14.5. The summed E-state index contributed by atoms with van der Waals surface area (Å²) in [5.41, 5.74) is 3.31. The van der Waals surface area contributed by atoms with Gasteiger partial charge in [-0.25, -0.2) is 0 Å². The van der Waals surface area contributed by atoms with Crippen LogP contribution in [0.3, 0.4) is 0 Å². The number of aryl methyl sites for hydroxylation is 2. The molecule has 4 nitrogen and oxygen atoms in total. The topological polar surface area (TPSA) is 52.6 Å². The van der Waals surface area contributed by atoms with Crippen molar-refractivity contribution >= 4 is 5.91 Å². The molecule has 0 unspecified atom stereocenters. The molecule has 0 aromatic heterocycles. The lowest BCUT2D eigenvalue weighted by molar-refractivity contribution is -0.127. The van der Waals surface area contributed by atoms with Gasteiger partial charge in [0.1, 0.15) is 0 Å². The van der Waals surface area contributed by atoms with Gasteiger partial charge < -0.3 is 10.4 Å². The summed E-state index contributed by atoms with van der Waals surface area (Å²) >= 11 is 0. The van der Waals surface area contributed by atoms with Crippen LogP contribution in [0.4, 0.5) is 0 Å². The molecule has 1 aromatic carbocycles. The van der Waals surface area contributed by atoms with Gasteiger partial charge in [0.25, 0.3) is 0 Å². The first-order valence-electron chi connectivity index (χ1n) is 8.81. The van der Waals surface area contributed by atoms with E-state index in [0.29, 0.717) is 12.6 Å². The Kier molecular flexibility index (Phi) is 5.02. The molecule has 1 amide bonds. The number of carbonyl (C=O) groups is 1. The summed E-state index contributed by atoms with van der Waals surface area (Å²) in [5.74, 6) is 0.286. The number of carbonyl (C=O) groups excluding carboxylic acids is 1. The van der Waals surface area contributed by atoms with Gasteiger partial charge in [-0.3, -0.25) is 9.69 Å². The first kappa shape index (κ1) is 16.5. The number of likely N-dealkylation sites (tertiary alicyclic amines) is 1. The summed E-state index contributed by atoms with van der Waals surface area (Å²) in [6.07, 6.45) is 3.78. The van der Waals surface area contributed by atoms with E-state index in [9.17, 15) is 9.90 Å². The molecule has 2 aliphatic rings. The highest BCUT2D eigenvalue weighted by atomic mass is 16.3. The van der Waals surface area contributed by atoms with Gasteiger partial charge in [0.15, 0.2) is 0 Å². The number of amides is 1. The number of rotatable bonds is 5. The molecule has 3 rings (SSSR count). The summed E-state index contributed by atoms with van der Waals surface area (Å²) in [6.45, 7) is 6.43. The molecule has 2 atom stereocenters. The minimum absolute atomic E-state index is 0.0788. The van der Waals surface area contributed by atoms with Gasteiger partial charge >= 0.3 is 0 Å². The van der Waals surface area contributed by atoms with Crippen LogP contribution in [0.1, 0.15) is 48.5 Å². The smallest absolute Gasteiger partial charge is 0.224 e. The van der Waals surface area contributed by atoms with E-state index in [4.69, 9.17) is 0 Å². The van der Waals surface area contributed by atoms with Crippen molar-refractivity contribution < 1.29 is 9.90 Å². The number of hydrogen-bond acceptors (Lipinski definition) is 3.